The smallest absolute Gasteiger partial charge is 0.243 e. The van der Waals surface area contributed by atoms with E-state index in [0.29, 0.717) is 24.6 Å². The van der Waals surface area contributed by atoms with Gasteiger partial charge in [-0.3, -0.25) is 9.59 Å². The van der Waals surface area contributed by atoms with E-state index in [1.54, 1.807) is 20.3 Å². The van der Waals surface area contributed by atoms with Gasteiger partial charge in [-0.25, -0.2) is 5.01 Å². The minimum atomic E-state index is -0.181. The van der Waals surface area contributed by atoms with Crippen LogP contribution >= 0.6 is 0 Å². The van der Waals surface area contributed by atoms with E-state index in [1.807, 2.05) is 42.5 Å². The van der Waals surface area contributed by atoms with Crippen molar-refractivity contribution in [2.45, 2.75) is 25.8 Å². The van der Waals surface area contributed by atoms with E-state index in [1.165, 1.54) is 5.01 Å². The predicted octanol–water partition coefficient (Wildman–Crippen LogP) is 2.74. The van der Waals surface area contributed by atoms with Crippen molar-refractivity contribution >= 4 is 17.5 Å². The maximum Gasteiger partial charge on any atom is 0.243 e. The Hall–Kier alpha value is -3.35. The van der Waals surface area contributed by atoms with Gasteiger partial charge >= 0.3 is 0 Å². The van der Waals surface area contributed by atoms with Gasteiger partial charge < -0.3 is 14.8 Å². The quantitative estimate of drug-likeness (QED) is 0.745. The minimum Gasteiger partial charge on any atom is -0.493 e. The van der Waals surface area contributed by atoms with Gasteiger partial charge in [-0.1, -0.05) is 36.4 Å². The summed E-state index contributed by atoms with van der Waals surface area (Å²) in [6, 6.07) is 15.3. The fourth-order valence-corrected chi connectivity index (χ4v) is 3.10. The highest BCUT2D eigenvalue weighted by atomic mass is 16.5. The molecule has 7 heteroatoms. The summed E-state index contributed by atoms with van der Waals surface area (Å²) in [5, 5.41) is 8.70. The first-order valence-corrected chi connectivity index (χ1v) is 9.51. The lowest BCUT2D eigenvalue weighted by atomic mass is 10.1. The number of methoxy groups -OCH3 is 2. The molecule has 152 valence electrons. The molecule has 0 saturated carbocycles. The van der Waals surface area contributed by atoms with Crippen LogP contribution < -0.4 is 14.8 Å². The van der Waals surface area contributed by atoms with E-state index in [-0.39, 0.29) is 24.7 Å². The second kappa shape index (κ2) is 9.73. The second-order valence-corrected chi connectivity index (χ2v) is 6.65. The fraction of sp³-hybridized carbons (Fsp3) is 0.318. The van der Waals surface area contributed by atoms with Crippen molar-refractivity contribution in [2.75, 3.05) is 20.8 Å². The molecule has 0 fully saturated rings. The molecule has 0 saturated heterocycles. The zero-order valence-electron chi connectivity index (χ0n) is 16.7. The van der Waals surface area contributed by atoms with Crippen molar-refractivity contribution in [1.29, 1.82) is 0 Å². The van der Waals surface area contributed by atoms with Gasteiger partial charge in [0.25, 0.3) is 0 Å². The molecule has 0 atom stereocenters. The van der Waals surface area contributed by atoms with Crippen LogP contribution in [0.5, 0.6) is 11.5 Å². The summed E-state index contributed by atoms with van der Waals surface area (Å²) in [5.74, 6) is 0.918. The third-order valence-corrected chi connectivity index (χ3v) is 4.70. The van der Waals surface area contributed by atoms with Crippen molar-refractivity contribution in [2.24, 2.45) is 5.10 Å². The van der Waals surface area contributed by atoms with Crippen LogP contribution in [0.1, 0.15) is 30.4 Å². The Balaban J connectivity index is 1.46. The number of nitrogens with zero attached hydrogens (tertiary/aromatic N) is 2. The van der Waals surface area contributed by atoms with Gasteiger partial charge in [0.1, 0.15) is 0 Å². The molecule has 2 aromatic carbocycles. The normalized spacial score (nSPS) is 13.0. The van der Waals surface area contributed by atoms with E-state index >= 15 is 0 Å². The van der Waals surface area contributed by atoms with E-state index in [4.69, 9.17) is 9.47 Å². The lowest BCUT2D eigenvalue weighted by Gasteiger charge is -2.12. The number of hydrazone groups is 1. The van der Waals surface area contributed by atoms with E-state index < -0.39 is 0 Å². The van der Waals surface area contributed by atoms with Gasteiger partial charge in [0.15, 0.2) is 11.5 Å². The third-order valence-electron chi connectivity index (χ3n) is 4.70. The summed E-state index contributed by atoms with van der Waals surface area (Å²) in [6.07, 6.45) is 0.976. The summed E-state index contributed by atoms with van der Waals surface area (Å²) in [7, 11) is 3.14. The largest absolute Gasteiger partial charge is 0.493 e. The molecule has 3 rings (SSSR count). The molecule has 7 nitrogen and oxygen atoms in total. The van der Waals surface area contributed by atoms with Crippen molar-refractivity contribution in [3.63, 3.8) is 0 Å². The Labute approximate surface area is 170 Å². The summed E-state index contributed by atoms with van der Waals surface area (Å²) in [4.78, 5) is 24.5. The van der Waals surface area contributed by atoms with Crippen LogP contribution in [0, 0.1) is 0 Å². The number of hydrogen-bond donors (Lipinski definition) is 1. The monoisotopic (exact) mass is 395 g/mol. The summed E-state index contributed by atoms with van der Waals surface area (Å²) in [5.41, 5.74) is 2.81. The first-order valence-electron chi connectivity index (χ1n) is 9.51. The standard InChI is InChI=1S/C22H25N3O4/c1-28-19-9-8-16(14-20(19)29-2)15-23-21(26)10-11-22(27)25-13-12-18(24-25)17-6-4-3-5-7-17/h3-9,14H,10-13,15H2,1-2H3,(H,23,26). The van der Waals surface area contributed by atoms with Gasteiger partial charge in [0, 0.05) is 25.8 Å². The first kappa shape index (κ1) is 20.4. The van der Waals surface area contributed by atoms with Crippen LogP contribution in [-0.2, 0) is 16.1 Å². The molecule has 0 aliphatic carbocycles. The average molecular weight is 395 g/mol. The second-order valence-electron chi connectivity index (χ2n) is 6.65. The molecule has 2 amide bonds. The SMILES string of the molecule is COc1ccc(CNC(=O)CCC(=O)N2CCC(c3ccccc3)=N2)cc1OC. The zero-order valence-corrected chi connectivity index (χ0v) is 16.7. The molecule has 1 aliphatic heterocycles. The van der Waals surface area contributed by atoms with Gasteiger partial charge in [0.2, 0.25) is 11.8 Å². The van der Waals surface area contributed by atoms with Gasteiger partial charge in [-0.2, -0.15) is 5.10 Å². The molecule has 1 N–H and O–H groups in total. The topological polar surface area (TPSA) is 80.2 Å². The van der Waals surface area contributed by atoms with Crippen LogP contribution in [0.25, 0.3) is 0 Å². The molecule has 29 heavy (non-hydrogen) atoms. The number of carbonyl (C=O) groups excluding carboxylic acids is 2. The van der Waals surface area contributed by atoms with Crippen molar-refractivity contribution in [3.05, 3.63) is 59.7 Å². The first-order chi connectivity index (χ1) is 14.1. The number of carbonyl (C=O) groups is 2. The van der Waals surface area contributed by atoms with Crippen LogP contribution in [0.2, 0.25) is 0 Å². The molecule has 0 radical (unpaired) electrons. The highest BCUT2D eigenvalue weighted by molar-refractivity contribution is 6.02. The lowest BCUT2D eigenvalue weighted by molar-refractivity contribution is -0.133. The zero-order chi connectivity index (χ0) is 20.6. The number of ether oxygens (including phenoxy) is 2. The van der Waals surface area contributed by atoms with Crippen molar-refractivity contribution in [1.82, 2.24) is 10.3 Å². The maximum atomic E-state index is 12.4. The Kier molecular flexibility index (Phi) is 6.84. The number of amides is 2. The number of rotatable bonds is 8. The molecule has 1 aliphatic rings. The van der Waals surface area contributed by atoms with Gasteiger partial charge in [0.05, 0.1) is 26.5 Å². The number of nitrogens with one attached hydrogen (secondary N) is 1. The Bertz CT molecular complexity index is 896. The van der Waals surface area contributed by atoms with E-state index in [9.17, 15) is 9.59 Å². The molecule has 0 spiro atoms. The molecule has 1 heterocycles. The maximum absolute atomic E-state index is 12.4. The summed E-state index contributed by atoms with van der Waals surface area (Å²) < 4.78 is 10.5. The van der Waals surface area contributed by atoms with Crippen molar-refractivity contribution < 1.29 is 19.1 Å². The average Bonchev–Trinajstić information content (AvgIpc) is 3.27. The van der Waals surface area contributed by atoms with Gasteiger partial charge in [-0.05, 0) is 23.3 Å². The summed E-state index contributed by atoms with van der Waals surface area (Å²) >= 11 is 0. The Morgan fingerprint density at radius 1 is 1.03 bits per heavy atom. The van der Waals surface area contributed by atoms with Crippen LogP contribution in [0.15, 0.2) is 53.6 Å². The number of hydrogen-bond acceptors (Lipinski definition) is 5. The van der Waals surface area contributed by atoms with E-state index in [0.717, 1.165) is 23.3 Å². The molecular formula is C22H25N3O4. The highest BCUT2D eigenvalue weighted by Gasteiger charge is 2.21. The van der Waals surface area contributed by atoms with E-state index in [2.05, 4.69) is 10.4 Å². The minimum absolute atomic E-state index is 0.124. The Morgan fingerprint density at radius 2 is 1.79 bits per heavy atom. The van der Waals surface area contributed by atoms with Crippen LogP contribution in [-0.4, -0.2) is 43.3 Å². The fourth-order valence-electron chi connectivity index (χ4n) is 3.10. The third kappa shape index (κ3) is 5.34. The molecule has 0 bridgehead atoms. The van der Waals surface area contributed by atoms with Gasteiger partial charge in [-0.15, -0.1) is 0 Å². The Morgan fingerprint density at radius 3 is 2.52 bits per heavy atom. The molecule has 0 aromatic heterocycles. The van der Waals surface area contributed by atoms with Crippen molar-refractivity contribution in [3.8, 4) is 11.5 Å². The molecule has 0 unspecified atom stereocenters. The molecule has 2 aromatic rings. The highest BCUT2D eigenvalue weighted by Crippen LogP contribution is 2.27. The molecular weight excluding hydrogens is 370 g/mol. The number of benzene rings is 2. The van der Waals surface area contributed by atoms with Crippen LogP contribution in [0.4, 0.5) is 0 Å². The predicted molar refractivity (Wildman–Crippen MR) is 110 cm³/mol. The van der Waals surface area contributed by atoms with Crippen LogP contribution in [0.3, 0.4) is 0 Å². The lowest BCUT2D eigenvalue weighted by Crippen LogP contribution is -2.27. The summed E-state index contributed by atoms with van der Waals surface area (Å²) in [6.45, 7) is 0.906.